The van der Waals surface area contributed by atoms with Gasteiger partial charge in [0.15, 0.2) is 5.78 Å². The number of thiazole rings is 1. The van der Waals surface area contributed by atoms with Crippen molar-refractivity contribution in [1.29, 1.82) is 0 Å². The lowest BCUT2D eigenvalue weighted by Gasteiger charge is -2.17. The predicted octanol–water partition coefficient (Wildman–Crippen LogP) is 3.71. The van der Waals surface area contributed by atoms with E-state index in [4.69, 9.17) is 4.55 Å². The van der Waals surface area contributed by atoms with Crippen molar-refractivity contribution in [2.75, 3.05) is 4.72 Å². The Labute approximate surface area is 192 Å². The Bertz CT molecular complexity index is 1070. The molecule has 2 heterocycles. The van der Waals surface area contributed by atoms with Gasteiger partial charge in [0.1, 0.15) is 10.7 Å². The van der Waals surface area contributed by atoms with Gasteiger partial charge in [-0.15, -0.1) is 11.3 Å². The van der Waals surface area contributed by atoms with Crippen LogP contribution in [0.2, 0.25) is 0 Å². The minimum atomic E-state index is -2.14. The summed E-state index contributed by atoms with van der Waals surface area (Å²) in [6, 6.07) is 11.8. The van der Waals surface area contributed by atoms with Gasteiger partial charge in [0.25, 0.3) is 11.3 Å². The van der Waals surface area contributed by atoms with E-state index < -0.39 is 11.3 Å². The maximum atomic E-state index is 12.6. The SMILES string of the molecule is CCc1csc(C(Cc2ccc(NS(=O)O)cc2)NC(=O)CCC(=O)c2ccccn2)n1. The average molecular weight is 473 g/mol. The van der Waals surface area contributed by atoms with Gasteiger partial charge in [-0.25, -0.2) is 9.19 Å². The highest BCUT2D eigenvalue weighted by Crippen LogP contribution is 2.24. The normalized spacial score (nSPS) is 12.7. The van der Waals surface area contributed by atoms with Crippen molar-refractivity contribution >= 4 is 40.0 Å². The number of aromatic nitrogens is 2. The quantitative estimate of drug-likeness (QED) is 0.289. The summed E-state index contributed by atoms with van der Waals surface area (Å²) in [5, 5.41) is 5.78. The third kappa shape index (κ3) is 7.04. The van der Waals surface area contributed by atoms with E-state index in [9.17, 15) is 13.8 Å². The molecule has 0 aliphatic carbocycles. The van der Waals surface area contributed by atoms with Crippen LogP contribution in [0.1, 0.15) is 52.6 Å². The van der Waals surface area contributed by atoms with Crippen molar-refractivity contribution in [3.8, 4) is 0 Å². The highest BCUT2D eigenvalue weighted by molar-refractivity contribution is 7.80. The lowest BCUT2D eigenvalue weighted by Crippen LogP contribution is -2.30. The van der Waals surface area contributed by atoms with Crippen LogP contribution >= 0.6 is 11.3 Å². The van der Waals surface area contributed by atoms with Crippen LogP contribution in [0.15, 0.2) is 54.0 Å². The summed E-state index contributed by atoms with van der Waals surface area (Å²) in [5.41, 5.74) is 2.76. The summed E-state index contributed by atoms with van der Waals surface area (Å²) < 4.78 is 22.2. The fourth-order valence-electron chi connectivity index (χ4n) is 3.04. The van der Waals surface area contributed by atoms with Crippen LogP contribution in [0, 0.1) is 0 Å². The first-order valence-electron chi connectivity index (χ1n) is 10.1. The first-order chi connectivity index (χ1) is 15.4. The monoisotopic (exact) mass is 472 g/mol. The lowest BCUT2D eigenvalue weighted by atomic mass is 10.1. The Hall–Kier alpha value is -2.95. The number of pyridine rings is 1. The summed E-state index contributed by atoms with van der Waals surface area (Å²) in [5.74, 6) is -0.411. The molecule has 10 heteroatoms. The van der Waals surface area contributed by atoms with Crippen molar-refractivity contribution in [1.82, 2.24) is 15.3 Å². The van der Waals surface area contributed by atoms with Gasteiger partial charge in [0, 0.05) is 30.1 Å². The van der Waals surface area contributed by atoms with Gasteiger partial charge >= 0.3 is 0 Å². The van der Waals surface area contributed by atoms with Gasteiger partial charge < -0.3 is 5.32 Å². The maximum absolute atomic E-state index is 12.6. The molecule has 0 fully saturated rings. The Balaban J connectivity index is 1.66. The number of amides is 1. The Morgan fingerprint density at radius 2 is 1.94 bits per heavy atom. The first kappa shape index (κ1) is 23.7. The Morgan fingerprint density at radius 1 is 1.16 bits per heavy atom. The summed E-state index contributed by atoms with van der Waals surface area (Å²) in [7, 11) is 0. The van der Waals surface area contributed by atoms with Crippen molar-refractivity contribution in [2.45, 2.75) is 38.6 Å². The largest absolute Gasteiger partial charge is 0.347 e. The molecule has 1 amide bonds. The van der Waals surface area contributed by atoms with Crippen LogP contribution in [-0.4, -0.2) is 30.4 Å². The highest BCUT2D eigenvalue weighted by Gasteiger charge is 2.20. The second kappa shape index (κ2) is 11.6. The molecular weight excluding hydrogens is 448 g/mol. The summed E-state index contributed by atoms with van der Waals surface area (Å²) in [6.45, 7) is 2.02. The van der Waals surface area contributed by atoms with E-state index in [-0.39, 0.29) is 30.6 Å². The zero-order valence-corrected chi connectivity index (χ0v) is 19.1. The lowest BCUT2D eigenvalue weighted by molar-refractivity contribution is -0.121. The molecule has 32 heavy (non-hydrogen) atoms. The van der Waals surface area contributed by atoms with Crippen LogP contribution in [0.3, 0.4) is 0 Å². The first-order valence-corrected chi connectivity index (χ1v) is 12.1. The minimum Gasteiger partial charge on any atom is -0.347 e. The number of ketones is 1. The molecule has 3 aromatic rings. The molecule has 168 valence electrons. The predicted molar refractivity (Wildman–Crippen MR) is 125 cm³/mol. The highest BCUT2D eigenvalue weighted by atomic mass is 32.2. The van der Waals surface area contributed by atoms with Crippen molar-refractivity contribution in [2.24, 2.45) is 0 Å². The third-order valence-electron chi connectivity index (χ3n) is 4.69. The van der Waals surface area contributed by atoms with Crippen molar-refractivity contribution < 1.29 is 18.4 Å². The zero-order valence-electron chi connectivity index (χ0n) is 17.5. The molecule has 0 radical (unpaired) electrons. The number of nitrogens with zero attached hydrogens (tertiary/aromatic N) is 2. The van der Waals surface area contributed by atoms with E-state index in [2.05, 4.69) is 20.0 Å². The number of carbonyl (C=O) groups is 2. The molecule has 0 saturated carbocycles. The number of carbonyl (C=O) groups excluding carboxylic acids is 2. The third-order valence-corrected chi connectivity index (χ3v) is 6.11. The van der Waals surface area contributed by atoms with Gasteiger partial charge in [-0.2, -0.15) is 0 Å². The number of anilines is 1. The van der Waals surface area contributed by atoms with Crippen LogP contribution in [0.5, 0.6) is 0 Å². The van der Waals surface area contributed by atoms with Gasteiger partial charge in [-0.1, -0.05) is 25.1 Å². The molecule has 2 unspecified atom stereocenters. The molecular formula is C22H24N4O4S2. The minimum absolute atomic E-state index is 0.0586. The Morgan fingerprint density at radius 3 is 2.56 bits per heavy atom. The zero-order chi connectivity index (χ0) is 22.9. The molecule has 0 aliphatic heterocycles. The Kier molecular flexibility index (Phi) is 8.60. The molecule has 2 atom stereocenters. The summed E-state index contributed by atoms with van der Waals surface area (Å²) in [6.07, 6.45) is 2.99. The molecule has 0 bridgehead atoms. The fourth-order valence-corrected chi connectivity index (χ4v) is 4.33. The molecule has 2 aromatic heterocycles. The standard InChI is InChI=1S/C22H24N4O4S2/c1-2-16-14-31-22(24-16)19(13-15-6-8-17(9-7-15)26-32(29)30)25-21(28)11-10-20(27)18-5-3-4-12-23-18/h3-9,12,14,19,26H,2,10-11,13H2,1H3,(H,25,28)(H,29,30). The maximum Gasteiger partial charge on any atom is 0.259 e. The number of hydrogen-bond acceptors (Lipinski definition) is 6. The van der Waals surface area contributed by atoms with Crippen LogP contribution in [-0.2, 0) is 28.9 Å². The smallest absolute Gasteiger partial charge is 0.259 e. The van der Waals surface area contributed by atoms with Crippen LogP contribution in [0.4, 0.5) is 5.69 Å². The summed E-state index contributed by atoms with van der Waals surface area (Å²) >= 11 is -0.649. The summed E-state index contributed by atoms with van der Waals surface area (Å²) in [4.78, 5) is 33.5. The fraction of sp³-hybridized carbons (Fsp3) is 0.273. The molecule has 0 spiro atoms. The number of rotatable bonds is 11. The topological polar surface area (TPSA) is 121 Å². The van der Waals surface area contributed by atoms with E-state index in [1.54, 1.807) is 36.5 Å². The van der Waals surface area contributed by atoms with Gasteiger partial charge in [0.05, 0.1) is 11.7 Å². The molecule has 1 aromatic carbocycles. The number of nitrogens with one attached hydrogen (secondary N) is 2. The number of Topliss-reactive ketones (excluding diaryl/α,β-unsaturated/α-hetero) is 1. The molecule has 0 aliphatic rings. The van der Waals surface area contributed by atoms with Gasteiger partial charge in [0.2, 0.25) is 5.91 Å². The second-order valence-electron chi connectivity index (χ2n) is 7.04. The van der Waals surface area contributed by atoms with Crippen molar-refractivity contribution in [3.63, 3.8) is 0 Å². The van der Waals surface area contributed by atoms with E-state index in [1.165, 1.54) is 11.3 Å². The second-order valence-corrected chi connectivity index (χ2v) is 8.63. The van der Waals surface area contributed by atoms with Crippen LogP contribution < -0.4 is 10.0 Å². The van der Waals surface area contributed by atoms with E-state index >= 15 is 0 Å². The molecule has 3 rings (SSSR count). The molecule has 0 saturated heterocycles. The van der Waals surface area contributed by atoms with Crippen molar-refractivity contribution in [3.05, 3.63) is 76.0 Å². The average Bonchev–Trinajstić information content (AvgIpc) is 3.28. The number of benzene rings is 1. The van der Waals surface area contributed by atoms with Crippen LogP contribution in [0.25, 0.3) is 0 Å². The molecule has 8 nitrogen and oxygen atoms in total. The number of aryl methyl sites for hydroxylation is 1. The van der Waals surface area contributed by atoms with Gasteiger partial charge in [-0.3, -0.25) is 23.8 Å². The van der Waals surface area contributed by atoms with Gasteiger partial charge in [-0.05, 0) is 42.7 Å². The number of hydrogen-bond donors (Lipinski definition) is 3. The van der Waals surface area contributed by atoms with E-state index in [0.29, 0.717) is 17.8 Å². The van der Waals surface area contributed by atoms with E-state index in [0.717, 1.165) is 22.7 Å². The van der Waals surface area contributed by atoms with E-state index in [1.807, 2.05) is 24.4 Å². The molecule has 3 N–H and O–H groups in total.